The van der Waals surface area contributed by atoms with Gasteiger partial charge in [0, 0.05) is 6.04 Å². The van der Waals surface area contributed by atoms with Crippen molar-refractivity contribution in [3.63, 3.8) is 0 Å². The summed E-state index contributed by atoms with van der Waals surface area (Å²) < 4.78 is 5.58. The highest BCUT2D eigenvalue weighted by Gasteiger charge is 2.21. The second-order valence-electron chi connectivity index (χ2n) is 5.43. The number of hydrogen-bond donors (Lipinski definition) is 2. The molecule has 5 nitrogen and oxygen atoms in total. The van der Waals surface area contributed by atoms with E-state index < -0.39 is 0 Å². The summed E-state index contributed by atoms with van der Waals surface area (Å²) in [5.74, 6) is 0.635. The highest BCUT2D eigenvalue weighted by molar-refractivity contribution is 5.30. The fourth-order valence-electron chi connectivity index (χ4n) is 2.03. The summed E-state index contributed by atoms with van der Waals surface area (Å²) in [7, 11) is 0. The summed E-state index contributed by atoms with van der Waals surface area (Å²) in [4.78, 5) is 0. The van der Waals surface area contributed by atoms with Gasteiger partial charge < -0.3 is 15.1 Å². The van der Waals surface area contributed by atoms with E-state index in [0.29, 0.717) is 24.5 Å². The Labute approximate surface area is 118 Å². The number of aromatic nitrogens is 2. The molecule has 0 bridgehead atoms. The second kappa shape index (κ2) is 5.63. The van der Waals surface area contributed by atoms with Gasteiger partial charge in [-0.25, -0.2) is 0 Å². The first-order valence-electron chi connectivity index (χ1n) is 7.09. The molecule has 1 aliphatic rings. The molecule has 1 atom stereocenters. The molecular weight excluding hydrogens is 252 g/mol. The van der Waals surface area contributed by atoms with Gasteiger partial charge >= 0.3 is 6.01 Å². The van der Waals surface area contributed by atoms with Crippen molar-refractivity contribution < 1.29 is 4.42 Å². The van der Waals surface area contributed by atoms with Crippen LogP contribution in [-0.2, 0) is 6.54 Å². The Kier molecular flexibility index (Phi) is 3.69. The molecule has 0 amide bonds. The first-order valence-corrected chi connectivity index (χ1v) is 7.09. The molecule has 1 heterocycles. The molecule has 0 saturated heterocycles. The van der Waals surface area contributed by atoms with E-state index in [4.69, 9.17) is 4.42 Å². The van der Waals surface area contributed by atoms with E-state index in [0.717, 1.165) is 0 Å². The molecule has 1 unspecified atom stereocenters. The average molecular weight is 272 g/mol. The van der Waals surface area contributed by atoms with Crippen LogP contribution in [0.25, 0.3) is 0 Å². The molecule has 1 aliphatic carbocycles. The van der Waals surface area contributed by atoms with Gasteiger partial charge in [-0.3, -0.25) is 0 Å². The monoisotopic (exact) mass is 272 g/mol. The maximum Gasteiger partial charge on any atom is 0.315 e. The van der Waals surface area contributed by atoms with Gasteiger partial charge in [0.1, 0.15) is 0 Å². The number of nitrogens with zero attached hydrogens (tertiary/aromatic N) is 2. The van der Waals surface area contributed by atoms with Gasteiger partial charge in [-0.15, -0.1) is 5.10 Å². The zero-order chi connectivity index (χ0) is 13.9. The zero-order valence-electron chi connectivity index (χ0n) is 11.9. The lowest BCUT2D eigenvalue weighted by Gasteiger charge is -2.12. The number of hydrogen-bond acceptors (Lipinski definition) is 5. The maximum absolute atomic E-state index is 5.58. The minimum absolute atomic E-state index is 0.139. The Bertz CT molecular complexity index is 560. The van der Waals surface area contributed by atoms with Crippen molar-refractivity contribution in [2.24, 2.45) is 0 Å². The minimum atomic E-state index is 0.139. The van der Waals surface area contributed by atoms with Crippen molar-refractivity contribution in [3.05, 3.63) is 41.3 Å². The summed E-state index contributed by atoms with van der Waals surface area (Å²) >= 11 is 0. The summed E-state index contributed by atoms with van der Waals surface area (Å²) in [6.07, 6.45) is 2.51. The van der Waals surface area contributed by atoms with Crippen molar-refractivity contribution >= 4 is 6.01 Å². The van der Waals surface area contributed by atoms with Crippen LogP contribution in [0.3, 0.4) is 0 Å². The van der Waals surface area contributed by atoms with E-state index in [1.165, 1.54) is 24.0 Å². The van der Waals surface area contributed by atoms with Crippen molar-refractivity contribution in [1.82, 2.24) is 15.5 Å². The topological polar surface area (TPSA) is 63.0 Å². The lowest BCUT2D eigenvalue weighted by Crippen LogP contribution is -2.15. The number of anilines is 1. The minimum Gasteiger partial charge on any atom is -0.407 e. The molecule has 0 radical (unpaired) electrons. The third-order valence-electron chi connectivity index (χ3n) is 3.50. The van der Waals surface area contributed by atoms with E-state index in [1.807, 2.05) is 0 Å². The molecule has 106 valence electrons. The molecule has 2 N–H and O–H groups in total. The van der Waals surface area contributed by atoms with E-state index in [9.17, 15) is 0 Å². The van der Waals surface area contributed by atoms with Crippen LogP contribution in [0.15, 0.2) is 28.7 Å². The predicted molar refractivity (Wildman–Crippen MR) is 77.4 cm³/mol. The number of benzene rings is 1. The normalized spacial score (nSPS) is 16.1. The molecule has 3 rings (SSSR count). The van der Waals surface area contributed by atoms with E-state index >= 15 is 0 Å². The second-order valence-corrected chi connectivity index (χ2v) is 5.43. The Morgan fingerprint density at radius 3 is 2.70 bits per heavy atom. The van der Waals surface area contributed by atoms with Crippen LogP contribution in [-0.4, -0.2) is 16.2 Å². The largest absolute Gasteiger partial charge is 0.407 e. The first kappa shape index (κ1) is 13.1. The van der Waals surface area contributed by atoms with Gasteiger partial charge in [-0.05, 0) is 32.3 Å². The van der Waals surface area contributed by atoms with Crippen molar-refractivity contribution in [3.8, 4) is 0 Å². The quantitative estimate of drug-likeness (QED) is 0.846. The number of aryl methyl sites for hydroxylation is 1. The Hall–Kier alpha value is -1.88. The molecular formula is C15H20N4O. The van der Waals surface area contributed by atoms with E-state index in [2.05, 4.69) is 58.9 Å². The highest BCUT2D eigenvalue weighted by atomic mass is 16.4. The molecule has 5 heteroatoms. The molecule has 1 fully saturated rings. The lowest BCUT2D eigenvalue weighted by atomic mass is 10.1. The summed E-state index contributed by atoms with van der Waals surface area (Å²) in [6, 6.07) is 9.69. The summed E-state index contributed by atoms with van der Waals surface area (Å²) in [5.41, 5.74) is 2.46. The summed E-state index contributed by atoms with van der Waals surface area (Å²) in [6.45, 7) is 4.81. The Morgan fingerprint density at radius 1 is 1.25 bits per heavy atom. The molecule has 1 saturated carbocycles. The average Bonchev–Trinajstić information content (AvgIpc) is 3.17. The molecule has 20 heavy (non-hydrogen) atoms. The van der Waals surface area contributed by atoms with E-state index in [1.54, 1.807) is 0 Å². The highest BCUT2D eigenvalue weighted by Crippen LogP contribution is 2.21. The van der Waals surface area contributed by atoms with Gasteiger partial charge in [0.2, 0.25) is 5.89 Å². The first-order chi connectivity index (χ1) is 9.70. The smallest absolute Gasteiger partial charge is 0.315 e. The standard InChI is InChI=1S/C15H20N4O/c1-10-3-5-12(6-4-10)11(2)17-15-19-18-14(20-15)9-16-13-7-8-13/h3-6,11,13,16H,7-9H2,1-2H3,(H,17,19). The van der Waals surface area contributed by atoms with Gasteiger partial charge in [0.05, 0.1) is 12.6 Å². The third kappa shape index (κ3) is 3.36. The zero-order valence-corrected chi connectivity index (χ0v) is 11.9. The number of nitrogens with one attached hydrogen (secondary N) is 2. The van der Waals surface area contributed by atoms with Crippen LogP contribution < -0.4 is 10.6 Å². The Morgan fingerprint density at radius 2 is 2.00 bits per heavy atom. The van der Waals surface area contributed by atoms with Gasteiger partial charge in [0.25, 0.3) is 0 Å². The van der Waals surface area contributed by atoms with Crippen LogP contribution in [0.2, 0.25) is 0 Å². The molecule has 2 aromatic rings. The van der Waals surface area contributed by atoms with Crippen LogP contribution in [0.5, 0.6) is 0 Å². The Balaban J connectivity index is 1.57. The van der Waals surface area contributed by atoms with Crippen LogP contribution in [0.4, 0.5) is 6.01 Å². The number of rotatable bonds is 6. The van der Waals surface area contributed by atoms with Crippen LogP contribution >= 0.6 is 0 Å². The van der Waals surface area contributed by atoms with Crippen molar-refractivity contribution in [2.75, 3.05) is 5.32 Å². The van der Waals surface area contributed by atoms with Gasteiger partial charge in [-0.1, -0.05) is 34.9 Å². The van der Waals surface area contributed by atoms with Crippen molar-refractivity contribution in [1.29, 1.82) is 0 Å². The molecule has 1 aromatic carbocycles. The maximum atomic E-state index is 5.58. The third-order valence-corrected chi connectivity index (χ3v) is 3.50. The van der Waals surface area contributed by atoms with E-state index in [-0.39, 0.29) is 6.04 Å². The molecule has 0 spiro atoms. The van der Waals surface area contributed by atoms with Gasteiger partial charge in [-0.2, -0.15) is 0 Å². The van der Waals surface area contributed by atoms with Gasteiger partial charge in [0.15, 0.2) is 0 Å². The summed E-state index contributed by atoms with van der Waals surface area (Å²) in [5, 5.41) is 14.7. The molecule has 1 aromatic heterocycles. The SMILES string of the molecule is Cc1ccc(C(C)Nc2nnc(CNC3CC3)o2)cc1. The fraction of sp³-hybridized carbons (Fsp3) is 0.467. The molecule has 0 aliphatic heterocycles. The fourth-order valence-corrected chi connectivity index (χ4v) is 2.03. The lowest BCUT2D eigenvalue weighted by molar-refractivity contribution is 0.473. The van der Waals surface area contributed by atoms with Crippen LogP contribution in [0, 0.1) is 6.92 Å². The predicted octanol–water partition coefficient (Wildman–Crippen LogP) is 2.80. The van der Waals surface area contributed by atoms with Crippen LogP contribution in [0.1, 0.15) is 42.8 Å². The van der Waals surface area contributed by atoms with Crippen molar-refractivity contribution in [2.45, 2.75) is 45.3 Å².